The van der Waals surface area contributed by atoms with Crippen molar-refractivity contribution in [3.63, 3.8) is 0 Å². The van der Waals surface area contributed by atoms with E-state index in [2.05, 4.69) is 11.4 Å². The fraction of sp³-hybridized carbons (Fsp3) is 0.529. The maximum atomic E-state index is 12.2. The van der Waals surface area contributed by atoms with Crippen LogP contribution in [0.5, 0.6) is 0 Å². The molecular formula is C17H24N2O2. The predicted octanol–water partition coefficient (Wildman–Crippen LogP) is 2.50. The Morgan fingerprint density at radius 1 is 1.19 bits per heavy atom. The summed E-state index contributed by atoms with van der Waals surface area (Å²) in [6.45, 7) is 8.92. The molecule has 0 unspecified atom stereocenters. The van der Waals surface area contributed by atoms with Crippen molar-refractivity contribution in [1.29, 1.82) is 0 Å². The predicted molar refractivity (Wildman–Crippen MR) is 84.0 cm³/mol. The van der Waals surface area contributed by atoms with Gasteiger partial charge in [-0.15, -0.1) is 0 Å². The molecular weight excluding hydrogens is 264 g/mol. The standard InChI is InChI=1S/C17H24N2O2/c1-11(2)16(20)18-10-13-5-6-15-14(9-13)7-8-19(15)17(21)12(3)4/h5-6,9,11-12H,7-8,10H2,1-4H3,(H,18,20). The molecule has 4 heteroatoms. The van der Waals surface area contributed by atoms with Gasteiger partial charge in [-0.2, -0.15) is 0 Å². The second-order valence-corrected chi connectivity index (χ2v) is 6.23. The Morgan fingerprint density at radius 2 is 1.90 bits per heavy atom. The molecule has 0 aliphatic carbocycles. The summed E-state index contributed by atoms with van der Waals surface area (Å²) in [5.74, 6) is 0.251. The lowest BCUT2D eigenvalue weighted by atomic mass is 10.1. The molecule has 0 radical (unpaired) electrons. The molecule has 0 spiro atoms. The Labute approximate surface area is 126 Å². The Bertz CT molecular complexity index is 550. The lowest BCUT2D eigenvalue weighted by Gasteiger charge is -2.19. The van der Waals surface area contributed by atoms with E-state index in [1.165, 1.54) is 5.56 Å². The van der Waals surface area contributed by atoms with Crippen molar-refractivity contribution in [3.8, 4) is 0 Å². The summed E-state index contributed by atoms with van der Waals surface area (Å²) in [4.78, 5) is 25.6. The Balaban J connectivity index is 2.08. The van der Waals surface area contributed by atoms with Crippen LogP contribution in [-0.2, 0) is 22.6 Å². The van der Waals surface area contributed by atoms with Crippen LogP contribution >= 0.6 is 0 Å². The molecule has 1 aliphatic heterocycles. The van der Waals surface area contributed by atoms with E-state index in [4.69, 9.17) is 0 Å². The molecule has 0 atom stereocenters. The third-order valence-corrected chi connectivity index (χ3v) is 3.79. The van der Waals surface area contributed by atoms with Crippen LogP contribution in [0.15, 0.2) is 18.2 Å². The molecule has 0 fully saturated rings. The summed E-state index contributed by atoms with van der Waals surface area (Å²) >= 11 is 0. The van der Waals surface area contributed by atoms with E-state index in [9.17, 15) is 9.59 Å². The molecule has 0 saturated heterocycles. The number of amides is 2. The van der Waals surface area contributed by atoms with Gasteiger partial charge in [-0.3, -0.25) is 9.59 Å². The molecule has 0 aromatic heterocycles. The normalized spacial score (nSPS) is 13.7. The van der Waals surface area contributed by atoms with Gasteiger partial charge in [0.15, 0.2) is 0 Å². The quantitative estimate of drug-likeness (QED) is 0.925. The Hall–Kier alpha value is -1.84. The molecule has 4 nitrogen and oxygen atoms in total. The number of anilines is 1. The van der Waals surface area contributed by atoms with Gasteiger partial charge < -0.3 is 10.2 Å². The van der Waals surface area contributed by atoms with Crippen molar-refractivity contribution < 1.29 is 9.59 Å². The zero-order valence-corrected chi connectivity index (χ0v) is 13.3. The number of hydrogen-bond donors (Lipinski definition) is 1. The highest BCUT2D eigenvalue weighted by Crippen LogP contribution is 2.30. The van der Waals surface area contributed by atoms with Crippen LogP contribution in [0.1, 0.15) is 38.8 Å². The van der Waals surface area contributed by atoms with Crippen LogP contribution in [-0.4, -0.2) is 18.4 Å². The molecule has 1 aromatic carbocycles. The summed E-state index contributed by atoms with van der Waals surface area (Å²) in [5, 5.41) is 2.92. The second kappa shape index (κ2) is 6.29. The van der Waals surface area contributed by atoms with Gasteiger partial charge in [0.05, 0.1) is 0 Å². The number of nitrogens with zero attached hydrogens (tertiary/aromatic N) is 1. The fourth-order valence-electron chi connectivity index (χ4n) is 2.50. The van der Waals surface area contributed by atoms with Gasteiger partial charge >= 0.3 is 0 Å². The van der Waals surface area contributed by atoms with Crippen molar-refractivity contribution in [2.75, 3.05) is 11.4 Å². The first-order valence-corrected chi connectivity index (χ1v) is 7.61. The average molecular weight is 288 g/mol. The summed E-state index contributed by atoms with van der Waals surface area (Å²) in [7, 11) is 0. The highest BCUT2D eigenvalue weighted by atomic mass is 16.2. The summed E-state index contributed by atoms with van der Waals surface area (Å²) in [6, 6.07) is 6.09. The number of benzene rings is 1. The van der Waals surface area contributed by atoms with Crippen LogP contribution in [0, 0.1) is 11.8 Å². The SMILES string of the molecule is CC(C)C(=O)NCc1ccc2c(c1)CCN2C(=O)C(C)C. The number of carbonyl (C=O) groups excluding carboxylic acids is 2. The first-order valence-electron chi connectivity index (χ1n) is 7.61. The van der Waals surface area contributed by atoms with Gasteiger partial charge in [0.2, 0.25) is 11.8 Å². The largest absolute Gasteiger partial charge is 0.352 e. The minimum atomic E-state index is -0.00131. The molecule has 114 valence electrons. The highest BCUT2D eigenvalue weighted by Gasteiger charge is 2.26. The summed E-state index contributed by atoms with van der Waals surface area (Å²) in [5.41, 5.74) is 3.30. The molecule has 1 heterocycles. The van der Waals surface area contributed by atoms with Crippen molar-refractivity contribution in [2.24, 2.45) is 11.8 Å². The topological polar surface area (TPSA) is 49.4 Å². The van der Waals surface area contributed by atoms with Crippen LogP contribution in [0.3, 0.4) is 0 Å². The monoisotopic (exact) mass is 288 g/mol. The van der Waals surface area contributed by atoms with E-state index in [1.54, 1.807) is 0 Å². The Morgan fingerprint density at radius 3 is 2.52 bits per heavy atom. The van der Waals surface area contributed by atoms with Crippen LogP contribution < -0.4 is 10.2 Å². The minimum absolute atomic E-state index is 0.00131. The van der Waals surface area contributed by atoms with Crippen LogP contribution in [0.2, 0.25) is 0 Å². The van der Waals surface area contributed by atoms with E-state index in [1.807, 2.05) is 44.7 Å². The zero-order valence-electron chi connectivity index (χ0n) is 13.3. The van der Waals surface area contributed by atoms with E-state index in [0.717, 1.165) is 24.2 Å². The van der Waals surface area contributed by atoms with E-state index in [0.29, 0.717) is 6.54 Å². The molecule has 21 heavy (non-hydrogen) atoms. The maximum absolute atomic E-state index is 12.2. The van der Waals surface area contributed by atoms with Gasteiger partial charge in [-0.1, -0.05) is 39.8 Å². The van der Waals surface area contributed by atoms with Gasteiger partial charge in [0.1, 0.15) is 0 Å². The molecule has 1 aromatic rings. The lowest BCUT2D eigenvalue weighted by Crippen LogP contribution is -2.32. The minimum Gasteiger partial charge on any atom is -0.352 e. The average Bonchev–Trinajstić information content (AvgIpc) is 2.86. The van der Waals surface area contributed by atoms with Gasteiger partial charge in [0.25, 0.3) is 0 Å². The van der Waals surface area contributed by atoms with E-state index >= 15 is 0 Å². The lowest BCUT2D eigenvalue weighted by molar-refractivity contribution is -0.124. The first-order chi connectivity index (χ1) is 9.90. The third kappa shape index (κ3) is 3.43. The molecule has 2 amide bonds. The van der Waals surface area contributed by atoms with Gasteiger partial charge in [-0.05, 0) is 23.6 Å². The molecule has 2 rings (SSSR count). The summed E-state index contributed by atoms with van der Waals surface area (Å²) < 4.78 is 0. The molecule has 1 N–H and O–H groups in total. The fourth-order valence-corrected chi connectivity index (χ4v) is 2.50. The van der Waals surface area contributed by atoms with Crippen molar-refractivity contribution in [2.45, 2.75) is 40.7 Å². The third-order valence-electron chi connectivity index (χ3n) is 3.79. The van der Waals surface area contributed by atoms with Crippen LogP contribution in [0.25, 0.3) is 0 Å². The van der Waals surface area contributed by atoms with Crippen molar-refractivity contribution in [3.05, 3.63) is 29.3 Å². The number of rotatable bonds is 4. The Kier molecular flexibility index (Phi) is 4.66. The van der Waals surface area contributed by atoms with E-state index < -0.39 is 0 Å². The van der Waals surface area contributed by atoms with Gasteiger partial charge in [0, 0.05) is 30.6 Å². The smallest absolute Gasteiger partial charge is 0.229 e. The maximum Gasteiger partial charge on any atom is 0.229 e. The molecule has 0 saturated carbocycles. The zero-order chi connectivity index (χ0) is 15.6. The van der Waals surface area contributed by atoms with E-state index in [-0.39, 0.29) is 23.7 Å². The number of fused-ring (bicyclic) bond motifs is 1. The second-order valence-electron chi connectivity index (χ2n) is 6.23. The number of hydrogen-bond acceptors (Lipinski definition) is 2. The van der Waals surface area contributed by atoms with Crippen LogP contribution in [0.4, 0.5) is 5.69 Å². The molecule has 1 aliphatic rings. The van der Waals surface area contributed by atoms with Crippen molar-refractivity contribution >= 4 is 17.5 Å². The number of carbonyl (C=O) groups is 2. The molecule has 0 bridgehead atoms. The highest BCUT2D eigenvalue weighted by molar-refractivity contribution is 5.96. The first kappa shape index (κ1) is 15.5. The number of nitrogens with one attached hydrogen (secondary N) is 1. The summed E-state index contributed by atoms with van der Waals surface area (Å²) in [6.07, 6.45) is 0.889. The van der Waals surface area contributed by atoms with Crippen molar-refractivity contribution in [1.82, 2.24) is 5.32 Å². The van der Waals surface area contributed by atoms with Gasteiger partial charge in [-0.25, -0.2) is 0 Å².